The first-order valence-corrected chi connectivity index (χ1v) is 30.6. The molecule has 4 unspecified atom stereocenters. The van der Waals surface area contributed by atoms with Gasteiger partial charge in [-0.25, -0.2) is 4.39 Å². The van der Waals surface area contributed by atoms with E-state index in [1.54, 1.807) is 0 Å². The maximum Gasteiger partial charge on any atom is 0.254 e. The number of nitrogens with one attached hydrogen (secondary N) is 9. The van der Waals surface area contributed by atoms with Gasteiger partial charge in [-0.1, -0.05) is 73.6 Å². The Morgan fingerprint density at radius 3 is 1.60 bits per heavy atom. The van der Waals surface area contributed by atoms with E-state index in [2.05, 4.69) is 47.9 Å². The zero-order chi connectivity index (χ0) is 62.9. The van der Waals surface area contributed by atoms with Crippen LogP contribution in [0.2, 0.25) is 0 Å². The van der Waals surface area contributed by atoms with Crippen molar-refractivity contribution < 1.29 is 52.3 Å². The Labute approximate surface area is 498 Å². The maximum absolute atomic E-state index is 14.4. The molecule has 1 aromatic rings. The van der Waals surface area contributed by atoms with Crippen molar-refractivity contribution in [1.82, 2.24) is 57.7 Å². The molecule has 3 fully saturated rings. The third kappa shape index (κ3) is 21.7. The number of halogens is 1. The minimum absolute atomic E-state index is 0.0438. The molecular formula is C62H102FN11O10. The Hall–Kier alpha value is -6.19. The Kier molecular flexibility index (Phi) is 26.2. The predicted molar refractivity (Wildman–Crippen MR) is 320 cm³/mol. The number of amides is 10. The molecule has 3 aliphatic rings. The van der Waals surface area contributed by atoms with E-state index >= 15 is 0 Å². The highest BCUT2D eigenvalue weighted by Gasteiger charge is 2.43. The molecule has 1 saturated heterocycles. The number of hydrogen-bond donors (Lipinski definition) is 9. The first kappa shape index (κ1) is 70.3. The molecule has 0 aromatic heterocycles. The van der Waals surface area contributed by atoms with Crippen molar-refractivity contribution in [3.8, 4) is 0 Å². The van der Waals surface area contributed by atoms with Gasteiger partial charge in [-0.15, -0.1) is 0 Å². The molecule has 5 atom stereocenters. The topological polar surface area (TPSA) is 285 Å². The van der Waals surface area contributed by atoms with E-state index in [9.17, 15) is 52.3 Å². The minimum atomic E-state index is -1.65. The van der Waals surface area contributed by atoms with E-state index in [0.29, 0.717) is 31.7 Å². The number of benzene rings is 1. The number of carbonyl (C=O) groups is 10. The van der Waals surface area contributed by atoms with Gasteiger partial charge in [-0.05, 0) is 168 Å². The van der Waals surface area contributed by atoms with E-state index in [1.807, 2.05) is 60.5 Å². The van der Waals surface area contributed by atoms with Gasteiger partial charge in [0.1, 0.15) is 52.6 Å². The molecule has 2 aliphatic carbocycles. The summed E-state index contributed by atoms with van der Waals surface area (Å²) in [6.07, 6.45) is 10.5. The van der Waals surface area contributed by atoms with Crippen LogP contribution in [-0.2, 0) is 43.2 Å². The molecular weight excluding hydrogens is 1080 g/mol. The van der Waals surface area contributed by atoms with Gasteiger partial charge >= 0.3 is 0 Å². The summed E-state index contributed by atoms with van der Waals surface area (Å²) < 4.78 is 13.7. The maximum atomic E-state index is 14.4. The fourth-order valence-corrected chi connectivity index (χ4v) is 11.2. The lowest BCUT2D eigenvalue weighted by molar-refractivity contribution is -0.139. The van der Waals surface area contributed by atoms with Crippen LogP contribution in [0.1, 0.15) is 196 Å². The van der Waals surface area contributed by atoms with Crippen molar-refractivity contribution in [2.75, 3.05) is 33.7 Å². The summed E-state index contributed by atoms with van der Waals surface area (Å²) in [6, 6.07) is -0.310. The second-order valence-electron chi connectivity index (χ2n) is 27.1. The molecule has 2 saturated carbocycles. The number of nitrogens with zero attached hydrogens (tertiary/aromatic N) is 2. The Balaban J connectivity index is 1.42. The largest absolute Gasteiger partial charge is 0.354 e. The quantitative estimate of drug-likeness (QED) is 0.0493. The second-order valence-corrected chi connectivity index (χ2v) is 27.1. The third-order valence-corrected chi connectivity index (χ3v) is 16.1. The van der Waals surface area contributed by atoms with E-state index < -0.39 is 106 Å². The van der Waals surface area contributed by atoms with E-state index in [-0.39, 0.29) is 73.4 Å². The molecule has 22 heteroatoms. The highest BCUT2D eigenvalue weighted by atomic mass is 19.1. The monoisotopic (exact) mass is 1180 g/mol. The van der Waals surface area contributed by atoms with Gasteiger partial charge in [0.25, 0.3) is 5.91 Å². The zero-order valence-corrected chi connectivity index (χ0v) is 52.8. The SMILES string of the molecule is CC(C)CC(NC(=O)C(CCC1CCCCC1)NC(=O)[C@@H]1CCCN1C(=O)c1ccc(F)cc1)C(=O)NC(C)(C)C(=O)NC(CC(C)C)C(=O)NC(CC(C)C)C(=O)NC(C)(C)C(=O)NC(C)(C)C(=O)NCCC(=O)NC1(CN(C)C)CCC1. The molecule has 0 radical (unpaired) electrons. The van der Waals surface area contributed by atoms with Gasteiger partial charge in [0.15, 0.2) is 0 Å². The number of likely N-dealkylation sites (N-methyl/N-ethyl adjacent to an activating group) is 1. The van der Waals surface area contributed by atoms with Crippen molar-refractivity contribution in [3.63, 3.8) is 0 Å². The highest BCUT2D eigenvalue weighted by Crippen LogP contribution is 2.33. The lowest BCUT2D eigenvalue weighted by Crippen LogP contribution is -2.65. The molecule has 1 aliphatic heterocycles. The summed E-state index contributed by atoms with van der Waals surface area (Å²) in [6.45, 7) is 21.1. The minimum Gasteiger partial charge on any atom is -0.354 e. The van der Waals surface area contributed by atoms with Crippen molar-refractivity contribution in [3.05, 3.63) is 35.6 Å². The van der Waals surface area contributed by atoms with Crippen molar-refractivity contribution >= 4 is 59.1 Å². The number of rotatable bonds is 31. The summed E-state index contributed by atoms with van der Waals surface area (Å²) in [5, 5.41) is 25.5. The molecule has 472 valence electrons. The van der Waals surface area contributed by atoms with E-state index in [4.69, 9.17) is 0 Å². The third-order valence-electron chi connectivity index (χ3n) is 16.1. The summed E-state index contributed by atoms with van der Waals surface area (Å²) in [7, 11) is 3.91. The Morgan fingerprint density at radius 2 is 1.10 bits per heavy atom. The first-order valence-electron chi connectivity index (χ1n) is 30.6. The van der Waals surface area contributed by atoms with Crippen LogP contribution in [0.15, 0.2) is 24.3 Å². The number of hydrogen-bond acceptors (Lipinski definition) is 11. The van der Waals surface area contributed by atoms with Crippen LogP contribution in [0.5, 0.6) is 0 Å². The predicted octanol–water partition coefficient (Wildman–Crippen LogP) is 4.66. The molecule has 1 aromatic carbocycles. The van der Waals surface area contributed by atoms with Crippen LogP contribution >= 0.6 is 0 Å². The fraction of sp³-hybridized carbons (Fsp3) is 0.742. The number of carbonyl (C=O) groups excluding carboxylic acids is 10. The van der Waals surface area contributed by atoms with E-state index in [1.165, 1.54) is 70.7 Å². The van der Waals surface area contributed by atoms with Gasteiger partial charge in [-0.3, -0.25) is 47.9 Å². The van der Waals surface area contributed by atoms with Crippen LogP contribution in [-0.4, -0.2) is 155 Å². The van der Waals surface area contributed by atoms with Crippen LogP contribution < -0.4 is 47.9 Å². The normalized spacial score (nSPS) is 17.9. The Bertz CT molecular complexity index is 2450. The summed E-state index contributed by atoms with van der Waals surface area (Å²) in [4.78, 5) is 143. The molecule has 84 heavy (non-hydrogen) atoms. The molecule has 10 amide bonds. The fourth-order valence-electron chi connectivity index (χ4n) is 11.2. The average Bonchev–Trinajstić information content (AvgIpc) is 2.96. The van der Waals surface area contributed by atoms with Crippen LogP contribution in [0.25, 0.3) is 0 Å². The molecule has 0 bridgehead atoms. The van der Waals surface area contributed by atoms with Gasteiger partial charge in [0.05, 0.1) is 5.54 Å². The zero-order valence-electron chi connectivity index (χ0n) is 52.8. The number of likely N-dealkylation sites (tertiary alicyclic amines) is 1. The molecule has 9 N–H and O–H groups in total. The van der Waals surface area contributed by atoms with Crippen molar-refractivity contribution in [2.45, 2.75) is 238 Å². The first-order chi connectivity index (χ1) is 39.1. The molecule has 4 rings (SSSR count). The van der Waals surface area contributed by atoms with Gasteiger partial charge in [0, 0.05) is 31.6 Å². The van der Waals surface area contributed by atoms with Crippen molar-refractivity contribution in [1.29, 1.82) is 0 Å². The summed E-state index contributed by atoms with van der Waals surface area (Å²) in [5.41, 5.74) is -4.73. The van der Waals surface area contributed by atoms with E-state index in [0.717, 1.165) is 57.9 Å². The summed E-state index contributed by atoms with van der Waals surface area (Å²) >= 11 is 0. The van der Waals surface area contributed by atoms with Gasteiger partial charge < -0.3 is 57.7 Å². The van der Waals surface area contributed by atoms with Crippen LogP contribution in [0.4, 0.5) is 4.39 Å². The second kappa shape index (κ2) is 31.3. The lowest BCUT2D eigenvalue weighted by Gasteiger charge is -2.44. The Morgan fingerprint density at radius 1 is 0.595 bits per heavy atom. The van der Waals surface area contributed by atoms with Gasteiger partial charge in [0.2, 0.25) is 53.2 Å². The highest BCUT2D eigenvalue weighted by molar-refractivity contribution is 6.01. The molecule has 0 spiro atoms. The summed E-state index contributed by atoms with van der Waals surface area (Å²) in [5.74, 6) is -6.19. The standard InChI is InChI=1S/C62H102FN11O10/c1-38(2)34-45(51(77)67-47(36-40(5)6)53(79)71-61(11,12)58(84)72-59(7,8)56(82)64-32-29-49(75)69-62(30-19-31-62)37-73(13)14)68-57(83)60(9,10)70-52(78)46(35-39(3)4)66-50(76)44(28-23-41-20-16-15-17-21-41)65-54(80)48-22-18-33-74(48)55(81)42-24-26-43(63)27-25-42/h24-27,38-41,44-48H,15-23,28-37H2,1-14H3,(H,64,82)(H,65,80)(H,66,76)(H,67,77)(H,68,83)(H,69,75)(H,70,78)(H,71,79)(H,72,84)/t44?,45?,46?,47?,48-/m0/s1. The lowest BCUT2D eigenvalue weighted by atomic mass is 9.76. The smallest absolute Gasteiger partial charge is 0.254 e. The molecule has 21 nitrogen and oxygen atoms in total. The molecule has 1 heterocycles. The van der Waals surface area contributed by atoms with Gasteiger partial charge in [-0.2, -0.15) is 0 Å². The van der Waals surface area contributed by atoms with Crippen LogP contribution in [0, 0.1) is 29.5 Å². The van der Waals surface area contributed by atoms with Crippen LogP contribution in [0.3, 0.4) is 0 Å². The average molecular weight is 1180 g/mol. The van der Waals surface area contributed by atoms with Crippen molar-refractivity contribution in [2.24, 2.45) is 23.7 Å².